The second-order valence-electron chi connectivity index (χ2n) is 5.76. The molecule has 0 aliphatic heterocycles. The van der Waals surface area contributed by atoms with Crippen molar-refractivity contribution in [1.29, 1.82) is 0 Å². The molecule has 20 heavy (non-hydrogen) atoms. The summed E-state index contributed by atoms with van der Waals surface area (Å²) >= 11 is 0. The van der Waals surface area contributed by atoms with Crippen LogP contribution < -0.4 is 5.73 Å². The highest BCUT2D eigenvalue weighted by Gasteiger charge is 2.27. The molecule has 1 saturated carbocycles. The molecule has 0 spiro atoms. The summed E-state index contributed by atoms with van der Waals surface area (Å²) in [5.74, 6) is 0. The Balaban J connectivity index is 2.17. The minimum atomic E-state index is 0.227. The van der Waals surface area contributed by atoms with E-state index in [1.165, 1.54) is 37.7 Å². The molecule has 3 heteroatoms. The number of hydrogen-bond donors (Lipinski definition) is 2. The van der Waals surface area contributed by atoms with E-state index in [1.807, 2.05) is 0 Å². The summed E-state index contributed by atoms with van der Waals surface area (Å²) < 4.78 is 0. The number of hydrogen-bond acceptors (Lipinski definition) is 3. The average molecular weight is 276 g/mol. The van der Waals surface area contributed by atoms with E-state index in [9.17, 15) is 5.11 Å². The Morgan fingerprint density at radius 2 is 1.85 bits per heavy atom. The van der Waals surface area contributed by atoms with E-state index >= 15 is 0 Å². The minimum Gasteiger partial charge on any atom is -0.395 e. The molecular formula is C17H28N2O. The van der Waals surface area contributed by atoms with Crippen LogP contribution in [0.4, 0.5) is 0 Å². The largest absolute Gasteiger partial charge is 0.395 e. The van der Waals surface area contributed by atoms with Gasteiger partial charge in [0.25, 0.3) is 0 Å². The highest BCUT2D eigenvalue weighted by Crippen LogP contribution is 2.31. The van der Waals surface area contributed by atoms with E-state index in [1.54, 1.807) is 0 Å². The quantitative estimate of drug-likeness (QED) is 0.805. The monoisotopic (exact) mass is 276 g/mol. The molecular weight excluding hydrogens is 248 g/mol. The molecule has 0 saturated heterocycles. The zero-order valence-corrected chi connectivity index (χ0v) is 12.4. The Bertz CT molecular complexity index is 363. The number of aliphatic hydroxyl groups excluding tert-OH is 1. The van der Waals surface area contributed by atoms with Crippen molar-refractivity contribution in [2.75, 3.05) is 19.7 Å². The fraction of sp³-hybridized carbons (Fsp3) is 0.647. The van der Waals surface area contributed by atoms with Crippen LogP contribution in [0.3, 0.4) is 0 Å². The zero-order valence-electron chi connectivity index (χ0n) is 12.4. The minimum absolute atomic E-state index is 0.227. The van der Waals surface area contributed by atoms with E-state index < -0.39 is 0 Å². The van der Waals surface area contributed by atoms with E-state index in [4.69, 9.17) is 5.73 Å². The molecule has 2 rings (SSSR count). The Labute approximate surface area is 122 Å². The third-order valence-electron chi connectivity index (χ3n) is 4.43. The lowest BCUT2D eigenvalue weighted by Crippen LogP contribution is -2.42. The van der Waals surface area contributed by atoms with Gasteiger partial charge in [-0.15, -0.1) is 0 Å². The van der Waals surface area contributed by atoms with Crippen LogP contribution in [-0.4, -0.2) is 35.7 Å². The van der Waals surface area contributed by atoms with Crippen LogP contribution in [0.2, 0.25) is 0 Å². The molecule has 3 nitrogen and oxygen atoms in total. The van der Waals surface area contributed by atoms with Crippen molar-refractivity contribution in [3.8, 4) is 0 Å². The fourth-order valence-corrected chi connectivity index (χ4v) is 3.48. The summed E-state index contributed by atoms with van der Waals surface area (Å²) in [5.41, 5.74) is 7.17. The lowest BCUT2D eigenvalue weighted by molar-refractivity contribution is 0.0765. The van der Waals surface area contributed by atoms with E-state index in [2.05, 4.69) is 35.2 Å². The second-order valence-corrected chi connectivity index (χ2v) is 5.76. The molecule has 1 atom stereocenters. The lowest BCUT2D eigenvalue weighted by atomic mass is 9.91. The van der Waals surface area contributed by atoms with Gasteiger partial charge in [0.1, 0.15) is 0 Å². The van der Waals surface area contributed by atoms with Crippen molar-refractivity contribution in [3.05, 3.63) is 35.9 Å². The van der Waals surface area contributed by atoms with Crippen LogP contribution >= 0.6 is 0 Å². The predicted molar refractivity (Wildman–Crippen MR) is 83.5 cm³/mol. The van der Waals surface area contributed by atoms with Crippen LogP contribution in [0.1, 0.15) is 50.1 Å². The second kappa shape index (κ2) is 8.40. The molecule has 112 valence electrons. The first kappa shape index (κ1) is 15.5. The smallest absolute Gasteiger partial charge is 0.0558 e. The number of nitrogens with zero attached hydrogens (tertiary/aromatic N) is 1. The third kappa shape index (κ3) is 4.05. The first-order valence-corrected chi connectivity index (χ1v) is 7.98. The Kier molecular flexibility index (Phi) is 6.51. The number of aliphatic hydroxyl groups is 1. The summed E-state index contributed by atoms with van der Waals surface area (Å²) in [4.78, 5) is 2.50. The molecule has 0 bridgehead atoms. The van der Waals surface area contributed by atoms with Gasteiger partial charge in [0.05, 0.1) is 6.61 Å². The standard InChI is InChI=1S/C17H28N2O/c18-12-11-17(15-7-3-1-4-8-15)19(13-14-20)16-9-5-2-6-10-16/h1,3-4,7-8,16-17,20H,2,5-6,9-14,18H2. The van der Waals surface area contributed by atoms with Gasteiger partial charge in [-0.05, 0) is 31.4 Å². The average Bonchev–Trinajstić information content (AvgIpc) is 2.52. The maximum absolute atomic E-state index is 9.46. The maximum atomic E-state index is 9.46. The van der Waals surface area contributed by atoms with Gasteiger partial charge >= 0.3 is 0 Å². The van der Waals surface area contributed by atoms with Crippen molar-refractivity contribution >= 4 is 0 Å². The van der Waals surface area contributed by atoms with E-state index in [0.717, 1.165) is 13.0 Å². The number of benzene rings is 1. The normalized spacial score (nSPS) is 18.4. The van der Waals surface area contributed by atoms with Crippen molar-refractivity contribution in [2.45, 2.75) is 50.6 Å². The molecule has 1 fully saturated rings. The molecule has 1 aromatic carbocycles. The van der Waals surface area contributed by atoms with Gasteiger partial charge in [-0.3, -0.25) is 4.90 Å². The van der Waals surface area contributed by atoms with Crippen LogP contribution in [0.15, 0.2) is 30.3 Å². The van der Waals surface area contributed by atoms with Crippen molar-refractivity contribution in [2.24, 2.45) is 5.73 Å². The molecule has 0 amide bonds. The molecule has 3 N–H and O–H groups in total. The first-order valence-electron chi connectivity index (χ1n) is 7.98. The zero-order chi connectivity index (χ0) is 14.2. The summed E-state index contributed by atoms with van der Waals surface area (Å²) in [6.07, 6.45) is 7.46. The van der Waals surface area contributed by atoms with Crippen molar-refractivity contribution in [1.82, 2.24) is 4.90 Å². The summed E-state index contributed by atoms with van der Waals surface area (Å²) in [6.45, 7) is 1.67. The molecule has 1 unspecified atom stereocenters. The number of rotatable bonds is 7. The van der Waals surface area contributed by atoms with Gasteiger partial charge in [0, 0.05) is 18.6 Å². The van der Waals surface area contributed by atoms with Gasteiger partial charge in [-0.25, -0.2) is 0 Å². The van der Waals surface area contributed by atoms with Crippen LogP contribution in [0, 0.1) is 0 Å². The maximum Gasteiger partial charge on any atom is 0.0558 e. The van der Waals surface area contributed by atoms with Gasteiger partial charge in [-0.1, -0.05) is 49.6 Å². The summed E-state index contributed by atoms with van der Waals surface area (Å²) in [7, 11) is 0. The molecule has 1 aromatic rings. The first-order chi connectivity index (χ1) is 9.86. The topological polar surface area (TPSA) is 49.5 Å². The van der Waals surface area contributed by atoms with Crippen LogP contribution in [-0.2, 0) is 0 Å². The van der Waals surface area contributed by atoms with Crippen molar-refractivity contribution < 1.29 is 5.11 Å². The summed E-state index contributed by atoms with van der Waals surface area (Å²) in [6, 6.07) is 11.6. The molecule has 0 radical (unpaired) electrons. The summed E-state index contributed by atoms with van der Waals surface area (Å²) in [5, 5.41) is 9.46. The Morgan fingerprint density at radius 1 is 1.15 bits per heavy atom. The van der Waals surface area contributed by atoms with Crippen LogP contribution in [0.5, 0.6) is 0 Å². The molecule has 1 aliphatic carbocycles. The Hall–Kier alpha value is -0.900. The predicted octanol–water partition coefficient (Wildman–Crippen LogP) is 2.70. The highest BCUT2D eigenvalue weighted by atomic mass is 16.3. The number of nitrogens with two attached hydrogens (primary N) is 1. The van der Waals surface area contributed by atoms with Gasteiger partial charge in [0.2, 0.25) is 0 Å². The fourth-order valence-electron chi connectivity index (χ4n) is 3.48. The molecule has 0 aromatic heterocycles. The highest BCUT2D eigenvalue weighted by molar-refractivity contribution is 5.19. The Morgan fingerprint density at radius 3 is 2.45 bits per heavy atom. The molecule has 1 aliphatic rings. The van der Waals surface area contributed by atoms with E-state index in [0.29, 0.717) is 18.6 Å². The van der Waals surface area contributed by atoms with Gasteiger partial charge in [-0.2, -0.15) is 0 Å². The van der Waals surface area contributed by atoms with Gasteiger partial charge in [0.15, 0.2) is 0 Å². The lowest BCUT2D eigenvalue weighted by Gasteiger charge is -2.40. The van der Waals surface area contributed by atoms with Crippen LogP contribution in [0.25, 0.3) is 0 Å². The van der Waals surface area contributed by atoms with Gasteiger partial charge < -0.3 is 10.8 Å². The third-order valence-corrected chi connectivity index (χ3v) is 4.43. The SMILES string of the molecule is NCCC(c1ccccc1)N(CCO)C1CCCCC1. The van der Waals surface area contributed by atoms with E-state index in [-0.39, 0.29) is 6.61 Å². The van der Waals surface area contributed by atoms with Crippen molar-refractivity contribution in [3.63, 3.8) is 0 Å². The molecule has 0 heterocycles.